The summed E-state index contributed by atoms with van der Waals surface area (Å²) >= 11 is 11.9. The molecule has 0 atom stereocenters. The molecular formula is C13H17Cl2N3O2. The normalized spacial score (nSPS) is 10.0. The number of urea groups is 1. The minimum atomic E-state index is -0.493. The van der Waals surface area contributed by atoms with Crippen molar-refractivity contribution in [1.82, 2.24) is 10.6 Å². The van der Waals surface area contributed by atoms with E-state index < -0.39 is 6.03 Å². The highest BCUT2D eigenvalue weighted by Gasteiger charge is 2.08. The Hall–Kier alpha value is -1.46. The first kappa shape index (κ1) is 16.6. The number of hydrogen-bond acceptors (Lipinski definition) is 2. The van der Waals surface area contributed by atoms with Crippen LogP contribution in [0, 0.1) is 6.92 Å². The van der Waals surface area contributed by atoms with E-state index in [2.05, 4.69) is 16.0 Å². The molecular weight excluding hydrogens is 301 g/mol. The zero-order chi connectivity index (χ0) is 15.1. The first-order valence-electron chi connectivity index (χ1n) is 6.21. The highest BCUT2D eigenvalue weighted by atomic mass is 35.5. The van der Waals surface area contributed by atoms with E-state index in [9.17, 15) is 9.59 Å². The van der Waals surface area contributed by atoms with E-state index >= 15 is 0 Å². The molecule has 0 bridgehead atoms. The number of carbonyl (C=O) groups is 2. The molecule has 7 heteroatoms. The summed E-state index contributed by atoms with van der Waals surface area (Å²) in [6.07, 6.45) is 0.846. The number of benzene rings is 1. The van der Waals surface area contributed by atoms with Crippen LogP contribution in [-0.2, 0) is 4.79 Å². The Kier molecular flexibility index (Phi) is 6.61. The van der Waals surface area contributed by atoms with Gasteiger partial charge in [-0.1, -0.05) is 30.1 Å². The third-order valence-corrected chi connectivity index (χ3v) is 3.31. The molecule has 0 aromatic heterocycles. The van der Waals surface area contributed by atoms with Crippen LogP contribution in [0.1, 0.15) is 18.9 Å². The molecule has 0 aliphatic rings. The van der Waals surface area contributed by atoms with Crippen molar-refractivity contribution in [1.29, 1.82) is 0 Å². The molecule has 1 rings (SSSR count). The molecule has 1 aromatic carbocycles. The van der Waals surface area contributed by atoms with Crippen molar-refractivity contribution in [2.45, 2.75) is 20.3 Å². The molecule has 0 saturated carbocycles. The number of carbonyl (C=O) groups excluding carboxylic acids is 2. The topological polar surface area (TPSA) is 70.2 Å². The van der Waals surface area contributed by atoms with Gasteiger partial charge in [0.05, 0.1) is 6.54 Å². The number of hydrogen-bond donors (Lipinski definition) is 3. The minimum absolute atomic E-state index is 0.0842. The molecule has 20 heavy (non-hydrogen) atoms. The smallest absolute Gasteiger partial charge is 0.319 e. The summed E-state index contributed by atoms with van der Waals surface area (Å²) < 4.78 is 0. The van der Waals surface area contributed by atoms with Gasteiger partial charge in [0, 0.05) is 22.3 Å². The molecule has 110 valence electrons. The van der Waals surface area contributed by atoms with Crippen molar-refractivity contribution in [3.05, 3.63) is 27.7 Å². The van der Waals surface area contributed by atoms with Gasteiger partial charge >= 0.3 is 6.03 Å². The Bertz CT molecular complexity index is 483. The lowest BCUT2D eigenvalue weighted by Crippen LogP contribution is -2.39. The van der Waals surface area contributed by atoms with Crippen LogP contribution >= 0.6 is 23.2 Å². The van der Waals surface area contributed by atoms with Gasteiger partial charge in [0.1, 0.15) is 0 Å². The van der Waals surface area contributed by atoms with Crippen LogP contribution in [-0.4, -0.2) is 25.0 Å². The van der Waals surface area contributed by atoms with E-state index in [1.165, 1.54) is 0 Å². The summed E-state index contributed by atoms with van der Waals surface area (Å²) in [6.45, 7) is 4.24. The Morgan fingerprint density at radius 3 is 2.30 bits per heavy atom. The van der Waals surface area contributed by atoms with Crippen molar-refractivity contribution >= 4 is 40.8 Å². The number of amides is 3. The van der Waals surface area contributed by atoms with Crippen LogP contribution in [0.2, 0.25) is 10.0 Å². The average molecular weight is 318 g/mol. The number of rotatable bonds is 5. The fraction of sp³-hybridized carbons (Fsp3) is 0.385. The summed E-state index contributed by atoms with van der Waals surface area (Å²) in [4.78, 5) is 22.9. The van der Waals surface area contributed by atoms with Crippen molar-refractivity contribution in [2.24, 2.45) is 0 Å². The second-order valence-corrected chi connectivity index (χ2v) is 5.04. The Balaban J connectivity index is 2.49. The van der Waals surface area contributed by atoms with Crippen molar-refractivity contribution in [2.75, 3.05) is 18.4 Å². The van der Waals surface area contributed by atoms with Crippen LogP contribution in [0.4, 0.5) is 10.5 Å². The van der Waals surface area contributed by atoms with Crippen LogP contribution in [0.3, 0.4) is 0 Å². The highest BCUT2D eigenvalue weighted by molar-refractivity contribution is 6.36. The van der Waals surface area contributed by atoms with Gasteiger partial charge < -0.3 is 16.0 Å². The lowest BCUT2D eigenvalue weighted by atomic mass is 10.2. The predicted octanol–water partition coefficient (Wildman–Crippen LogP) is 2.95. The second-order valence-electron chi connectivity index (χ2n) is 4.22. The fourth-order valence-electron chi connectivity index (χ4n) is 1.38. The first-order chi connectivity index (χ1) is 9.43. The van der Waals surface area contributed by atoms with E-state index in [0.29, 0.717) is 22.3 Å². The fourth-order valence-corrected chi connectivity index (χ4v) is 1.87. The molecule has 0 aliphatic heterocycles. The van der Waals surface area contributed by atoms with Crippen LogP contribution < -0.4 is 16.0 Å². The van der Waals surface area contributed by atoms with Crippen molar-refractivity contribution < 1.29 is 9.59 Å². The summed E-state index contributed by atoms with van der Waals surface area (Å²) in [5, 5.41) is 8.59. The van der Waals surface area contributed by atoms with Gasteiger partial charge in [-0.25, -0.2) is 4.79 Å². The second kappa shape index (κ2) is 7.97. The summed E-state index contributed by atoms with van der Waals surface area (Å²) in [7, 11) is 0. The van der Waals surface area contributed by atoms with Gasteiger partial charge in [0.25, 0.3) is 0 Å². The number of halogens is 2. The molecule has 0 spiro atoms. The minimum Gasteiger partial charge on any atom is -0.355 e. The predicted molar refractivity (Wildman–Crippen MR) is 81.5 cm³/mol. The van der Waals surface area contributed by atoms with Crippen LogP contribution in [0.5, 0.6) is 0 Å². The van der Waals surface area contributed by atoms with Crippen molar-refractivity contribution in [3.63, 3.8) is 0 Å². The van der Waals surface area contributed by atoms with Gasteiger partial charge in [-0.3, -0.25) is 4.79 Å². The lowest BCUT2D eigenvalue weighted by molar-refractivity contribution is -0.120. The van der Waals surface area contributed by atoms with E-state index in [1.54, 1.807) is 19.1 Å². The quantitative estimate of drug-likeness (QED) is 0.781. The molecule has 0 fully saturated rings. The Morgan fingerprint density at radius 1 is 1.15 bits per heavy atom. The maximum atomic E-state index is 11.6. The maximum absolute atomic E-state index is 11.6. The van der Waals surface area contributed by atoms with Gasteiger partial charge in [-0.05, 0) is 31.0 Å². The SMILES string of the molecule is CCCNC(=O)CNC(=O)Nc1cc(Cl)c(C)c(Cl)c1. The zero-order valence-corrected chi connectivity index (χ0v) is 12.9. The zero-order valence-electron chi connectivity index (χ0n) is 11.3. The monoisotopic (exact) mass is 317 g/mol. The molecule has 0 radical (unpaired) electrons. The molecule has 0 aliphatic carbocycles. The summed E-state index contributed by atoms with van der Waals surface area (Å²) in [5.74, 6) is -0.234. The molecule has 3 amide bonds. The summed E-state index contributed by atoms with van der Waals surface area (Å²) in [5.41, 5.74) is 1.22. The van der Waals surface area contributed by atoms with Gasteiger partial charge in [-0.15, -0.1) is 0 Å². The van der Waals surface area contributed by atoms with E-state index in [0.717, 1.165) is 12.0 Å². The third-order valence-electron chi connectivity index (χ3n) is 2.52. The molecule has 0 saturated heterocycles. The molecule has 1 aromatic rings. The average Bonchev–Trinajstić information content (AvgIpc) is 2.40. The number of nitrogens with one attached hydrogen (secondary N) is 3. The first-order valence-corrected chi connectivity index (χ1v) is 6.96. The van der Waals surface area contributed by atoms with Gasteiger partial charge in [0.15, 0.2) is 0 Å². The Morgan fingerprint density at radius 2 is 1.75 bits per heavy atom. The maximum Gasteiger partial charge on any atom is 0.319 e. The molecule has 0 unspecified atom stereocenters. The van der Waals surface area contributed by atoms with E-state index in [1.807, 2.05) is 6.92 Å². The van der Waals surface area contributed by atoms with Crippen LogP contribution in [0.25, 0.3) is 0 Å². The van der Waals surface area contributed by atoms with Crippen LogP contribution in [0.15, 0.2) is 12.1 Å². The van der Waals surface area contributed by atoms with Gasteiger partial charge in [-0.2, -0.15) is 0 Å². The summed E-state index contributed by atoms with van der Waals surface area (Å²) in [6, 6.07) is 2.70. The van der Waals surface area contributed by atoms with Crippen molar-refractivity contribution in [3.8, 4) is 0 Å². The molecule has 5 nitrogen and oxygen atoms in total. The lowest BCUT2D eigenvalue weighted by Gasteiger charge is -2.10. The number of anilines is 1. The van der Waals surface area contributed by atoms with E-state index in [-0.39, 0.29) is 12.5 Å². The van der Waals surface area contributed by atoms with E-state index in [4.69, 9.17) is 23.2 Å². The largest absolute Gasteiger partial charge is 0.355 e. The Labute approximate surface area is 128 Å². The van der Waals surface area contributed by atoms with Gasteiger partial charge in [0.2, 0.25) is 5.91 Å². The standard InChI is InChI=1S/C13H17Cl2N3O2/c1-3-4-16-12(19)7-17-13(20)18-9-5-10(14)8(2)11(15)6-9/h5-6H,3-4,7H2,1-2H3,(H,16,19)(H2,17,18,20). The molecule has 3 N–H and O–H groups in total. The highest BCUT2D eigenvalue weighted by Crippen LogP contribution is 2.27. The third kappa shape index (κ3) is 5.27. The molecule has 0 heterocycles.